The standard InChI is InChI=1S/C18H18BrFN2O2/c1-13-8-9-17(15(19)11-13)24-10-4-7-18(23)22-21-12-14-5-2-3-6-16(14)20/h2-3,5-6,8-9,11-12H,4,7,10H2,1H3,(H,22,23)/b21-12+. The maximum Gasteiger partial charge on any atom is 0.240 e. The number of nitrogens with zero attached hydrogens (tertiary/aromatic N) is 1. The number of carbonyl (C=O) groups excluding carboxylic acids is 1. The van der Waals surface area contributed by atoms with E-state index in [1.807, 2.05) is 25.1 Å². The highest BCUT2D eigenvalue weighted by atomic mass is 79.9. The predicted octanol–water partition coefficient (Wildman–Crippen LogP) is 4.21. The average molecular weight is 393 g/mol. The predicted molar refractivity (Wildman–Crippen MR) is 95.7 cm³/mol. The third-order valence-electron chi connectivity index (χ3n) is 3.19. The van der Waals surface area contributed by atoms with E-state index in [4.69, 9.17) is 4.74 Å². The highest BCUT2D eigenvalue weighted by Crippen LogP contribution is 2.25. The molecule has 1 amide bonds. The summed E-state index contributed by atoms with van der Waals surface area (Å²) in [5, 5.41) is 3.75. The van der Waals surface area contributed by atoms with Gasteiger partial charge < -0.3 is 4.74 Å². The first-order valence-electron chi connectivity index (χ1n) is 7.51. The molecular formula is C18H18BrFN2O2. The number of hydrogen-bond acceptors (Lipinski definition) is 3. The van der Waals surface area contributed by atoms with Crippen molar-refractivity contribution < 1.29 is 13.9 Å². The average Bonchev–Trinajstić information content (AvgIpc) is 2.55. The monoisotopic (exact) mass is 392 g/mol. The first-order chi connectivity index (χ1) is 11.6. The zero-order valence-electron chi connectivity index (χ0n) is 13.3. The van der Waals surface area contributed by atoms with Crippen LogP contribution in [0.4, 0.5) is 4.39 Å². The number of halogens is 2. The third-order valence-corrected chi connectivity index (χ3v) is 3.81. The summed E-state index contributed by atoms with van der Waals surface area (Å²) in [5.41, 5.74) is 3.84. The van der Waals surface area contributed by atoms with Crippen LogP contribution in [-0.4, -0.2) is 18.7 Å². The van der Waals surface area contributed by atoms with Gasteiger partial charge in [-0.3, -0.25) is 4.79 Å². The van der Waals surface area contributed by atoms with E-state index in [0.717, 1.165) is 15.8 Å². The number of aryl methyl sites for hydroxylation is 1. The second kappa shape index (κ2) is 9.17. The summed E-state index contributed by atoms with van der Waals surface area (Å²) in [5.74, 6) is 0.125. The van der Waals surface area contributed by atoms with Crippen LogP contribution in [0.25, 0.3) is 0 Å². The Balaban J connectivity index is 1.69. The number of hydrazone groups is 1. The van der Waals surface area contributed by atoms with Crippen LogP contribution in [0, 0.1) is 12.7 Å². The molecule has 0 heterocycles. The summed E-state index contributed by atoms with van der Waals surface area (Å²) in [6.45, 7) is 2.42. The molecule has 6 heteroatoms. The Labute approximate surface area is 148 Å². The van der Waals surface area contributed by atoms with Crippen molar-refractivity contribution in [2.75, 3.05) is 6.61 Å². The van der Waals surface area contributed by atoms with Gasteiger partial charge in [0.05, 0.1) is 17.3 Å². The third kappa shape index (κ3) is 5.77. The maximum absolute atomic E-state index is 13.4. The second-order valence-electron chi connectivity index (χ2n) is 5.20. The van der Waals surface area contributed by atoms with Gasteiger partial charge in [0.1, 0.15) is 11.6 Å². The molecule has 2 aromatic rings. The summed E-state index contributed by atoms with van der Waals surface area (Å²) in [6, 6.07) is 12.0. The summed E-state index contributed by atoms with van der Waals surface area (Å²) < 4.78 is 19.9. The van der Waals surface area contributed by atoms with E-state index in [-0.39, 0.29) is 18.1 Å². The van der Waals surface area contributed by atoms with Crippen molar-refractivity contribution in [1.29, 1.82) is 0 Å². The van der Waals surface area contributed by atoms with E-state index in [9.17, 15) is 9.18 Å². The Hall–Kier alpha value is -2.21. The number of hydrogen-bond donors (Lipinski definition) is 1. The molecule has 0 aliphatic carbocycles. The number of amides is 1. The molecular weight excluding hydrogens is 375 g/mol. The topological polar surface area (TPSA) is 50.7 Å². The van der Waals surface area contributed by atoms with Crippen molar-refractivity contribution in [2.45, 2.75) is 19.8 Å². The Morgan fingerprint density at radius 1 is 1.33 bits per heavy atom. The molecule has 2 rings (SSSR count). The molecule has 0 bridgehead atoms. The van der Waals surface area contributed by atoms with Crippen molar-refractivity contribution in [3.63, 3.8) is 0 Å². The van der Waals surface area contributed by atoms with Crippen LogP contribution in [-0.2, 0) is 4.79 Å². The van der Waals surface area contributed by atoms with Gasteiger partial charge in [0, 0.05) is 12.0 Å². The molecule has 0 fully saturated rings. The summed E-state index contributed by atoms with van der Waals surface area (Å²) in [4.78, 5) is 11.7. The van der Waals surface area contributed by atoms with Crippen molar-refractivity contribution in [2.24, 2.45) is 5.10 Å². The largest absolute Gasteiger partial charge is 0.492 e. The first-order valence-corrected chi connectivity index (χ1v) is 8.31. The van der Waals surface area contributed by atoms with Crippen molar-refractivity contribution in [1.82, 2.24) is 5.43 Å². The van der Waals surface area contributed by atoms with Gasteiger partial charge >= 0.3 is 0 Å². The minimum absolute atomic E-state index is 0.242. The van der Waals surface area contributed by atoms with E-state index >= 15 is 0 Å². The van der Waals surface area contributed by atoms with E-state index in [2.05, 4.69) is 26.5 Å². The number of rotatable bonds is 7. The van der Waals surface area contributed by atoms with E-state index in [0.29, 0.717) is 18.6 Å². The zero-order valence-corrected chi connectivity index (χ0v) is 14.8. The fourth-order valence-corrected chi connectivity index (χ4v) is 2.56. The highest BCUT2D eigenvalue weighted by Gasteiger charge is 2.03. The Morgan fingerprint density at radius 3 is 2.88 bits per heavy atom. The summed E-state index contributed by atoms with van der Waals surface area (Å²) in [6.07, 6.45) is 2.12. The smallest absolute Gasteiger partial charge is 0.240 e. The molecule has 126 valence electrons. The van der Waals surface area contributed by atoms with Crippen LogP contribution in [0.5, 0.6) is 5.75 Å². The van der Waals surface area contributed by atoms with Crippen LogP contribution in [0.15, 0.2) is 52.0 Å². The molecule has 24 heavy (non-hydrogen) atoms. The molecule has 0 radical (unpaired) electrons. The second-order valence-corrected chi connectivity index (χ2v) is 6.05. The fraction of sp³-hybridized carbons (Fsp3) is 0.222. The first kappa shape index (κ1) is 18.1. The van der Waals surface area contributed by atoms with Gasteiger partial charge in [-0.25, -0.2) is 9.82 Å². The number of benzene rings is 2. The van der Waals surface area contributed by atoms with Crippen LogP contribution in [0.1, 0.15) is 24.0 Å². The Morgan fingerprint density at radius 2 is 2.12 bits per heavy atom. The SMILES string of the molecule is Cc1ccc(OCCCC(=O)N/N=C/c2ccccc2F)c(Br)c1. The van der Waals surface area contributed by atoms with Gasteiger partial charge in [-0.2, -0.15) is 5.10 Å². The molecule has 0 spiro atoms. The van der Waals surface area contributed by atoms with Gasteiger partial charge in [0.2, 0.25) is 5.91 Å². The van der Waals surface area contributed by atoms with Crippen molar-refractivity contribution in [3.05, 3.63) is 63.9 Å². The van der Waals surface area contributed by atoms with Gasteiger partial charge in [0.25, 0.3) is 0 Å². The number of nitrogens with one attached hydrogen (secondary N) is 1. The minimum atomic E-state index is -0.382. The molecule has 0 aliphatic rings. The van der Waals surface area contributed by atoms with Gasteiger partial charge in [0.15, 0.2) is 0 Å². The Kier molecular flexibility index (Phi) is 6.93. The molecule has 0 atom stereocenters. The molecule has 0 saturated heterocycles. The van der Waals surface area contributed by atoms with Crippen molar-refractivity contribution >= 4 is 28.1 Å². The Bertz CT molecular complexity index is 735. The van der Waals surface area contributed by atoms with Gasteiger partial charge in [-0.1, -0.05) is 24.3 Å². The molecule has 1 N–H and O–H groups in total. The van der Waals surface area contributed by atoms with Crippen LogP contribution in [0.2, 0.25) is 0 Å². The molecule has 0 aliphatic heterocycles. The van der Waals surface area contributed by atoms with Crippen molar-refractivity contribution in [3.8, 4) is 5.75 Å². The maximum atomic E-state index is 13.4. The van der Waals surface area contributed by atoms with Gasteiger partial charge in [-0.05, 0) is 53.0 Å². The summed E-state index contributed by atoms with van der Waals surface area (Å²) in [7, 11) is 0. The molecule has 0 unspecified atom stereocenters. The van der Waals surface area contributed by atoms with E-state index < -0.39 is 0 Å². The van der Waals surface area contributed by atoms with Crippen LogP contribution >= 0.6 is 15.9 Å². The molecule has 4 nitrogen and oxygen atoms in total. The molecule has 0 saturated carbocycles. The van der Waals surface area contributed by atoms with Crippen LogP contribution in [0.3, 0.4) is 0 Å². The van der Waals surface area contributed by atoms with E-state index in [1.165, 1.54) is 12.3 Å². The number of carbonyl (C=O) groups is 1. The number of ether oxygens (including phenoxy) is 1. The lowest BCUT2D eigenvalue weighted by Gasteiger charge is -2.08. The molecule has 2 aromatic carbocycles. The highest BCUT2D eigenvalue weighted by molar-refractivity contribution is 9.10. The quantitative estimate of drug-likeness (QED) is 0.435. The lowest BCUT2D eigenvalue weighted by Crippen LogP contribution is -2.18. The normalized spacial score (nSPS) is 10.8. The fourth-order valence-electron chi connectivity index (χ4n) is 1.95. The minimum Gasteiger partial charge on any atom is -0.492 e. The summed E-state index contributed by atoms with van der Waals surface area (Å²) >= 11 is 3.44. The van der Waals surface area contributed by atoms with Gasteiger partial charge in [-0.15, -0.1) is 0 Å². The van der Waals surface area contributed by atoms with E-state index in [1.54, 1.807) is 18.2 Å². The zero-order chi connectivity index (χ0) is 17.4. The van der Waals surface area contributed by atoms with Crippen LogP contribution < -0.4 is 10.2 Å². The lowest BCUT2D eigenvalue weighted by molar-refractivity contribution is -0.121. The lowest BCUT2D eigenvalue weighted by atomic mass is 10.2. The molecule has 0 aromatic heterocycles.